The van der Waals surface area contributed by atoms with Crippen LogP contribution in [-0.2, 0) is 6.54 Å². The molecule has 0 aliphatic heterocycles. The van der Waals surface area contributed by atoms with Crippen LogP contribution in [0.25, 0.3) is 0 Å². The first-order valence-electron chi connectivity index (χ1n) is 5.32. The van der Waals surface area contributed by atoms with Crippen LogP contribution in [0.5, 0.6) is 5.75 Å². The van der Waals surface area contributed by atoms with Crippen LogP contribution in [0, 0.1) is 13.8 Å². The van der Waals surface area contributed by atoms with E-state index in [-0.39, 0.29) is 0 Å². The van der Waals surface area contributed by atoms with Crippen molar-refractivity contribution < 1.29 is 4.74 Å². The Labute approximate surface area is 95.7 Å². The summed E-state index contributed by atoms with van der Waals surface area (Å²) in [7, 11) is 1.70. The highest BCUT2D eigenvalue weighted by Gasteiger charge is 2.09. The van der Waals surface area contributed by atoms with Gasteiger partial charge in [-0.05, 0) is 26.0 Å². The molecule has 2 rings (SSSR count). The number of aryl methyl sites for hydroxylation is 1. The number of nitrogens with zero attached hydrogens (tertiary/aromatic N) is 2. The first kappa shape index (κ1) is 10.7. The number of hydrogen-bond donors (Lipinski definition) is 0. The van der Waals surface area contributed by atoms with Crippen molar-refractivity contribution >= 4 is 0 Å². The normalized spacial score (nSPS) is 10.4. The summed E-state index contributed by atoms with van der Waals surface area (Å²) >= 11 is 0. The van der Waals surface area contributed by atoms with Crippen molar-refractivity contribution in [1.29, 1.82) is 0 Å². The van der Waals surface area contributed by atoms with Crippen LogP contribution < -0.4 is 4.74 Å². The average molecular weight is 216 g/mol. The quantitative estimate of drug-likeness (QED) is 0.788. The summed E-state index contributed by atoms with van der Waals surface area (Å²) in [5, 5.41) is 0. The lowest BCUT2D eigenvalue weighted by molar-refractivity contribution is 0.406. The molecule has 0 aromatic carbocycles. The molecule has 0 saturated heterocycles. The minimum Gasteiger partial charge on any atom is -0.496 e. The lowest BCUT2D eigenvalue weighted by Crippen LogP contribution is -2.04. The maximum absolute atomic E-state index is 5.39. The Kier molecular flexibility index (Phi) is 2.95. The van der Waals surface area contributed by atoms with Crippen molar-refractivity contribution in [3.8, 4) is 5.75 Å². The molecule has 0 aliphatic carbocycles. The number of methoxy groups -OCH3 is 1. The minimum atomic E-state index is 0.787. The minimum absolute atomic E-state index is 0.787. The monoisotopic (exact) mass is 216 g/mol. The van der Waals surface area contributed by atoms with Gasteiger partial charge < -0.3 is 9.30 Å². The molecule has 2 heterocycles. The predicted octanol–water partition coefficient (Wildman–Crippen LogP) is 2.56. The number of ether oxygens (including phenoxy) is 1. The number of pyridine rings is 1. The zero-order valence-corrected chi connectivity index (χ0v) is 9.90. The van der Waals surface area contributed by atoms with Crippen LogP contribution in [0.2, 0.25) is 0 Å². The van der Waals surface area contributed by atoms with Gasteiger partial charge in [0.15, 0.2) is 0 Å². The Morgan fingerprint density at radius 3 is 2.56 bits per heavy atom. The molecule has 0 spiro atoms. The first-order valence-corrected chi connectivity index (χ1v) is 5.32. The van der Waals surface area contributed by atoms with Crippen molar-refractivity contribution in [2.45, 2.75) is 20.4 Å². The van der Waals surface area contributed by atoms with E-state index in [0.29, 0.717) is 0 Å². The molecule has 0 saturated carbocycles. The molecule has 3 nitrogen and oxygen atoms in total. The second-order valence-corrected chi connectivity index (χ2v) is 3.90. The maximum Gasteiger partial charge on any atom is 0.128 e. The molecule has 0 unspecified atom stereocenters. The Morgan fingerprint density at radius 1 is 1.25 bits per heavy atom. The molecule has 84 valence electrons. The fraction of sp³-hybridized carbons (Fsp3) is 0.308. The van der Waals surface area contributed by atoms with E-state index < -0.39 is 0 Å². The molecular weight excluding hydrogens is 200 g/mol. The van der Waals surface area contributed by atoms with Gasteiger partial charge in [0.1, 0.15) is 5.75 Å². The topological polar surface area (TPSA) is 27.1 Å². The zero-order valence-electron chi connectivity index (χ0n) is 9.90. The first-order chi connectivity index (χ1) is 7.72. The van der Waals surface area contributed by atoms with Gasteiger partial charge in [-0.3, -0.25) is 4.98 Å². The molecule has 0 aliphatic rings. The van der Waals surface area contributed by atoms with Gasteiger partial charge in [0.25, 0.3) is 0 Å². The fourth-order valence-electron chi connectivity index (χ4n) is 1.88. The Bertz CT molecular complexity index is 475. The molecule has 3 heteroatoms. The van der Waals surface area contributed by atoms with Gasteiger partial charge in [0.2, 0.25) is 0 Å². The van der Waals surface area contributed by atoms with Gasteiger partial charge in [0.05, 0.1) is 19.3 Å². The van der Waals surface area contributed by atoms with E-state index in [1.807, 2.05) is 37.6 Å². The molecule has 0 atom stereocenters. The van der Waals surface area contributed by atoms with Crippen molar-refractivity contribution in [2.24, 2.45) is 0 Å². The van der Waals surface area contributed by atoms with Crippen LogP contribution in [0.3, 0.4) is 0 Å². The number of rotatable bonds is 3. The van der Waals surface area contributed by atoms with Crippen LogP contribution >= 0.6 is 0 Å². The molecule has 2 aromatic heterocycles. The van der Waals surface area contributed by atoms with Gasteiger partial charge in [0, 0.05) is 29.7 Å². The van der Waals surface area contributed by atoms with Gasteiger partial charge in [-0.1, -0.05) is 0 Å². The van der Waals surface area contributed by atoms with Gasteiger partial charge in [-0.25, -0.2) is 0 Å². The number of aromatic nitrogens is 2. The smallest absolute Gasteiger partial charge is 0.128 e. The van der Waals surface area contributed by atoms with Crippen LogP contribution in [0.4, 0.5) is 0 Å². The van der Waals surface area contributed by atoms with Crippen molar-refractivity contribution in [2.75, 3.05) is 7.11 Å². The maximum atomic E-state index is 5.39. The van der Waals surface area contributed by atoms with Crippen molar-refractivity contribution in [1.82, 2.24) is 9.55 Å². The lowest BCUT2D eigenvalue weighted by Gasteiger charge is -2.12. The molecule has 0 N–H and O–H groups in total. The third kappa shape index (κ3) is 1.94. The van der Waals surface area contributed by atoms with Crippen LogP contribution in [-0.4, -0.2) is 16.7 Å². The highest BCUT2D eigenvalue weighted by atomic mass is 16.5. The summed E-state index contributed by atoms with van der Waals surface area (Å²) in [5.74, 6) is 0.942. The summed E-state index contributed by atoms with van der Waals surface area (Å²) < 4.78 is 7.49. The standard InChI is InChI=1S/C13H16N2O/c1-10-8-14-12(11(2)13(10)16-3)9-15-6-4-5-7-15/h4-8H,9H2,1-3H3. The second kappa shape index (κ2) is 4.39. The Balaban J connectivity index is 2.35. The fourth-order valence-corrected chi connectivity index (χ4v) is 1.88. The largest absolute Gasteiger partial charge is 0.496 e. The van der Waals surface area contributed by atoms with E-state index in [0.717, 1.165) is 29.1 Å². The van der Waals surface area contributed by atoms with Crippen LogP contribution in [0.15, 0.2) is 30.7 Å². The van der Waals surface area contributed by atoms with Gasteiger partial charge in [-0.2, -0.15) is 0 Å². The highest BCUT2D eigenvalue weighted by molar-refractivity contribution is 5.41. The number of hydrogen-bond acceptors (Lipinski definition) is 2. The van der Waals surface area contributed by atoms with Crippen LogP contribution in [0.1, 0.15) is 16.8 Å². The average Bonchev–Trinajstić information content (AvgIpc) is 2.76. The van der Waals surface area contributed by atoms with E-state index in [4.69, 9.17) is 4.74 Å². The van der Waals surface area contributed by atoms with E-state index in [2.05, 4.69) is 16.5 Å². The molecule has 0 fully saturated rings. The summed E-state index contributed by atoms with van der Waals surface area (Å²) in [6.07, 6.45) is 5.94. The van der Waals surface area contributed by atoms with E-state index >= 15 is 0 Å². The highest BCUT2D eigenvalue weighted by Crippen LogP contribution is 2.24. The molecule has 2 aromatic rings. The molecular formula is C13H16N2O. The van der Waals surface area contributed by atoms with E-state index in [1.54, 1.807) is 7.11 Å². The molecule has 0 bridgehead atoms. The summed E-state index contributed by atoms with van der Waals surface area (Å²) in [5.41, 5.74) is 3.26. The molecule has 0 amide bonds. The van der Waals surface area contributed by atoms with E-state index in [1.165, 1.54) is 0 Å². The SMILES string of the molecule is COc1c(C)cnc(Cn2cccc2)c1C. The summed E-state index contributed by atoms with van der Waals surface area (Å²) in [4.78, 5) is 4.46. The summed E-state index contributed by atoms with van der Waals surface area (Å²) in [6.45, 7) is 4.85. The van der Waals surface area contributed by atoms with Gasteiger partial charge >= 0.3 is 0 Å². The van der Waals surface area contributed by atoms with Gasteiger partial charge in [-0.15, -0.1) is 0 Å². The third-order valence-corrected chi connectivity index (χ3v) is 2.75. The molecule has 0 radical (unpaired) electrons. The Morgan fingerprint density at radius 2 is 1.94 bits per heavy atom. The van der Waals surface area contributed by atoms with Crippen molar-refractivity contribution in [3.05, 3.63) is 47.5 Å². The second-order valence-electron chi connectivity index (χ2n) is 3.90. The molecule has 16 heavy (non-hydrogen) atoms. The summed E-state index contributed by atoms with van der Waals surface area (Å²) in [6, 6.07) is 4.03. The third-order valence-electron chi connectivity index (χ3n) is 2.75. The predicted molar refractivity (Wildman–Crippen MR) is 63.8 cm³/mol. The Hall–Kier alpha value is -1.77. The lowest BCUT2D eigenvalue weighted by atomic mass is 10.1. The van der Waals surface area contributed by atoms with E-state index in [9.17, 15) is 0 Å². The van der Waals surface area contributed by atoms with Crippen molar-refractivity contribution in [3.63, 3.8) is 0 Å². The zero-order chi connectivity index (χ0) is 11.5.